The van der Waals surface area contributed by atoms with Crippen LogP contribution in [0.5, 0.6) is 0 Å². The van der Waals surface area contributed by atoms with Crippen molar-refractivity contribution in [3.05, 3.63) is 24.4 Å². The number of oxime groups is 1. The maximum Gasteiger partial charge on any atom is 0.145 e. The second kappa shape index (κ2) is 10.7. The summed E-state index contributed by atoms with van der Waals surface area (Å²) in [4.78, 5) is 5.29. The van der Waals surface area contributed by atoms with Crippen molar-refractivity contribution in [3.63, 3.8) is 0 Å². The van der Waals surface area contributed by atoms with Gasteiger partial charge in [0.15, 0.2) is 0 Å². The lowest BCUT2D eigenvalue weighted by Crippen LogP contribution is -2.43. The summed E-state index contributed by atoms with van der Waals surface area (Å²) in [6.07, 6.45) is 9.87. The van der Waals surface area contributed by atoms with Crippen LogP contribution < -0.4 is 16.6 Å². The van der Waals surface area contributed by atoms with Crippen molar-refractivity contribution in [1.82, 2.24) is 15.8 Å². The zero-order valence-electron chi connectivity index (χ0n) is 15.3. The molecule has 0 amide bonds. The number of nitrogens with two attached hydrogens (primary N) is 1. The van der Waals surface area contributed by atoms with Crippen LogP contribution in [0.25, 0.3) is 0 Å². The third kappa shape index (κ3) is 5.88. The Balaban J connectivity index is 2.81. The minimum absolute atomic E-state index is 0.158. The summed E-state index contributed by atoms with van der Waals surface area (Å²) in [5.74, 6) is 7.53. The standard InChI is InChI=1S/C17H32N6O/c1-6-10-23(18)13(3)11-14(12-24-20-5)15(7-2)16-8-9-17(19-4)22-21-16/h6,8-10,13-16,21H,5,7,11-12,18H2,1-4H3,(H,19,22)/b10-6-. The lowest BCUT2D eigenvalue weighted by Gasteiger charge is -2.35. The van der Waals surface area contributed by atoms with Gasteiger partial charge in [-0.2, -0.15) is 5.10 Å². The van der Waals surface area contributed by atoms with Gasteiger partial charge in [0.25, 0.3) is 0 Å². The van der Waals surface area contributed by atoms with Crippen LogP contribution in [0.1, 0.15) is 33.6 Å². The normalized spacial score (nSPS) is 20.7. The average molecular weight is 336 g/mol. The molecule has 0 saturated carbocycles. The predicted octanol–water partition coefficient (Wildman–Crippen LogP) is 1.81. The van der Waals surface area contributed by atoms with Gasteiger partial charge in [-0.1, -0.05) is 25.5 Å². The third-order valence-corrected chi connectivity index (χ3v) is 4.44. The van der Waals surface area contributed by atoms with Crippen LogP contribution in [0.4, 0.5) is 0 Å². The zero-order valence-corrected chi connectivity index (χ0v) is 15.3. The van der Waals surface area contributed by atoms with Gasteiger partial charge in [0.2, 0.25) is 0 Å². The average Bonchev–Trinajstić information content (AvgIpc) is 2.60. The molecular weight excluding hydrogens is 304 g/mol. The highest BCUT2D eigenvalue weighted by Gasteiger charge is 2.30. The van der Waals surface area contributed by atoms with Crippen LogP contribution in [-0.2, 0) is 4.84 Å². The van der Waals surface area contributed by atoms with Gasteiger partial charge in [-0.25, -0.2) is 5.84 Å². The van der Waals surface area contributed by atoms with Crippen molar-refractivity contribution in [2.45, 2.75) is 45.7 Å². The van der Waals surface area contributed by atoms with E-state index in [4.69, 9.17) is 10.7 Å². The molecule has 0 saturated heterocycles. The second-order valence-electron chi connectivity index (χ2n) is 6.03. The minimum Gasteiger partial charge on any atom is -0.396 e. The highest BCUT2D eigenvalue weighted by molar-refractivity contribution is 5.93. The summed E-state index contributed by atoms with van der Waals surface area (Å²) in [6, 6.07) is 0.350. The molecule has 0 fully saturated rings. The van der Waals surface area contributed by atoms with E-state index in [0.717, 1.165) is 18.7 Å². The van der Waals surface area contributed by atoms with E-state index in [2.05, 4.69) is 47.6 Å². The first-order chi connectivity index (χ1) is 11.6. The number of amidine groups is 1. The molecule has 1 aliphatic rings. The van der Waals surface area contributed by atoms with Crippen molar-refractivity contribution in [1.29, 1.82) is 0 Å². The first-order valence-corrected chi connectivity index (χ1v) is 8.50. The molecule has 1 rings (SSSR count). The van der Waals surface area contributed by atoms with Gasteiger partial charge in [0.1, 0.15) is 12.4 Å². The zero-order chi connectivity index (χ0) is 17.9. The largest absolute Gasteiger partial charge is 0.396 e. The molecule has 4 unspecified atom stereocenters. The van der Waals surface area contributed by atoms with Gasteiger partial charge in [-0.15, -0.1) is 5.16 Å². The molecule has 0 spiro atoms. The predicted molar refractivity (Wildman–Crippen MR) is 100 cm³/mol. The number of hydrazine groups is 1. The van der Waals surface area contributed by atoms with Crippen molar-refractivity contribution in [2.75, 3.05) is 13.7 Å². The van der Waals surface area contributed by atoms with Gasteiger partial charge < -0.3 is 20.6 Å². The van der Waals surface area contributed by atoms with E-state index in [1.54, 1.807) is 5.01 Å². The number of allylic oxidation sites excluding steroid dienone is 1. The number of nitrogens with one attached hydrogen (secondary N) is 2. The fourth-order valence-corrected chi connectivity index (χ4v) is 3.07. The van der Waals surface area contributed by atoms with Gasteiger partial charge in [-0.05, 0) is 32.3 Å². The summed E-state index contributed by atoms with van der Waals surface area (Å²) in [6.45, 7) is 10.2. The van der Waals surface area contributed by atoms with Crippen LogP contribution in [0.3, 0.4) is 0 Å². The Labute approximate surface area is 145 Å². The molecular formula is C17H32N6O. The minimum atomic E-state index is 0.158. The lowest BCUT2D eigenvalue weighted by atomic mass is 9.80. The Kier molecular flexibility index (Phi) is 8.93. The molecule has 0 aromatic rings. The monoisotopic (exact) mass is 336 g/mol. The molecule has 1 aliphatic heterocycles. The molecule has 0 aromatic carbocycles. The third-order valence-electron chi connectivity index (χ3n) is 4.44. The summed E-state index contributed by atoms with van der Waals surface area (Å²) < 4.78 is 0. The summed E-state index contributed by atoms with van der Waals surface area (Å²) in [5, 5.41) is 12.7. The molecule has 7 nitrogen and oxygen atoms in total. The fraction of sp³-hybridized carbons (Fsp3) is 0.647. The van der Waals surface area contributed by atoms with Crippen LogP contribution in [-0.4, -0.2) is 43.3 Å². The van der Waals surface area contributed by atoms with E-state index in [1.165, 1.54) is 0 Å². The Morgan fingerprint density at radius 1 is 1.62 bits per heavy atom. The molecule has 4 N–H and O–H groups in total. The van der Waals surface area contributed by atoms with E-state index in [9.17, 15) is 0 Å². The summed E-state index contributed by atoms with van der Waals surface area (Å²) in [7, 11) is 1.85. The van der Waals surface area contributed by atoms with Gasteiger partial charge in [-0.3, -0.25) is 0 Å². The van der Waals surface area contributed by atoms with Gasteiger partial charge in [0.05, 0.1) is 6.04 Å². The molecule has 0 aliphatic carbocycles. The van der Waals surface area contributed by atoms with Gasteiger partial charge >= 0.3 is 0 Å². The number of hydrazone groups is 1. The molecule has 0 bridgehead atoms. The number of likely N-dealkylation sites (N-methyl/N-ethyl adjacent to an activating group) is 1. The SMILES string of the molecule is C=NOCC(CC(C)N(N)/C=C\C)C(CC)C1C=CC(NC)=NN1. The summed E-state index contributed by atoms with van der Waals surface area (Å²) >= 11 is 0. The second-order valence-corrected chi connectivity index (χ2v) is 6.03. The van der Waals surface area contributed by atoms with Crippen molar-refractivity contribution in [3.8, 4) is 0 Å². The maximum absolute atomic E-state index is 6.07. The first-order valence-electron chi connectivity index (χ1n) is 8.50. The molecule has 1 heterocycles. The van der Waals surface area contributed by atoms with Crippen molar-refractivity contribution >= 4 is 12.6 Å². The quantitative estimate of drug-likeness (QED) is 0.322. The molecule has 24 heavy (non-hydrogen) atoms. The van der Waals surface area contributed by atoms with Crippen LogP contribution in [0.2, 0.25) is 0 Å². The van der Waals surface area contributed by atoms with E-state index in [-0.39, 0.29) is 18.0 Å². The molecule has 0 radical (unpaired) electrons. The molecule has 0 aromatic heterocycles. The lowest BCUT2D eigenvalue weighted by molar-refractivity contribution is 0.0596. The Morgan fingerprint density at radius 2 is 2.38 bits per heavy atom. The highest BCUT2D eigenvalue weighted by Crippen LogP contribution is 2.27. The fourth-order valence-electron chi connectivity index (χ4n) is 3.07. The van der Waals surface area contributed by atoms with Crippen LogP contribution in [0, 0.1) is 11.8 Å². The number of nitrogens with zero attached hydrogens (tertiary/aromatic N) is 3. The van der Waals surface area contributed by atoms with E-state index >= 15 is 0 Å². The van der Waals surface area contributed by atoms with Crippen LogP contribution in [0.15, 0.2) is 34.7 Å². The maximum atomic E-state index is 6.07. The Bertz CT molecular complexity index is 462. The van der Waals surface area contributed by atoms with Crippen LogP contribution >= 0.6 is 0 Å². The van der Waals surface area contributed by atoms with E-state index in [1.807, 2.05) is 32.3 Å². The Hall–Kier alpha value is -2.02. The molecule has 136 valence electrons. The molecule has 4 atom stereocenters. The Morgan fingerprint density at radius 3 is 2.88 bits per heavy atom. The number of hydrogen-bond acceptors (Lipinski definition) is 7. The van der Waals surface area contributed by atoms with E-state index < -0.39 is 0 Å². The summed E-state index contributed by atoms with van der Waals surface area (Å²) in [5.41, 5.74) is 3.23. The first kappa shape index (κ1) is 20.0. The molecule has 7 heteroatoms. The highest BCUT2D eigenvalue weighted by atomic mass is 16.6. The number of rotatable bonds is 10. The topological polar surface area (TPSA) is 87.3 Å². The van der Waals surface area contributed by atoms with Crippen molar-refractivity contribution in [2.24, 2.45) is 27.9 Å². The smallest absolute Gasteiger partial charge is 0.145 e. The van der Waals surface area contributed by atoms with E-state index in [0.29, 0.717) is 12.5 Å². The van der Waals surface area contributed by atoms with Gasteiger partial charge in [0, 0.05) is 31.9 Å². The number of hydrogen-bond donors (Lipinski definition) is 3. The van der Waals surface area contributed by atoms with Crippen molar-refractivity contribution < 1.29 is 4.84 Å².